The second kappa shape index (κ2) is 6.64. The van der Waals surface area contributed by atoms with Crippen LogP contribution in [0.25, 0.3) is 0 Å². The monoisotopic (exact) mass is 238 g/mol. The van der Waals surface area contributed by atoms with E-state index in [0.717, 1.165) is 0 Å². The van der Waals surface area contributed by atoms with Gasteiger partial charge in [-0.1, -0.05) is 0 Å². The lowest BCUT2D eigenvalue weighted by molar-refractivity contribution is -0.120. The SMILES string of the molecule is CCNC(=O)CCNc1cc(NN)nc(C)n1. The molecule has 0 radical (unpaired) electrons. The lowest BCUT2D eigenvalue weighted by atomic mass is 10.4. The zero-order valence-corrected chi connectivity index (χ0v) is 10.1. The van der Waals surface area contributed by atoms with E-state index in [2.05, 4.69) is 26.0 Å². The van der Waals surface area contributed by atoms with Crippen molar-refractivity contribution in [2.45, 2.75) is 20.3 Å². The lowest BCUT2D eigenvalue weighted by Crippen LogP contribution is -2.25. The Kier molecular flexibility index (Phi) is 5.15. The van der Waals surface area contributed by atoms with Crippen molar-refractivity contribution >= 4 is 17.5 Å². The molecule has 0 unspecified atom stereocenters. The molecule has 0 fully saturated rings. The van der Waals surface area contributed by atoms with Crippen LogP contribution >= 0.6 is 0 Å². The largest absolute Gasteiger partial charge is 0.369 e. The van der Waals surface area contributed by atoms with Crippen molar-refractivity contribution in [2.75, 3.05) is 23.8 Å². The third-order valence-electron chi connectivity index (χ3n) is 2.02. The Bertz CT molecular complexity index is 381. The number of carbonyl (C=O) groups excluding carboxylic acids is 1. The molecule has 1 rings (SSSR count). The molecule has 0 spiro atoms. The van der Waals surface area contributed by atoms with Crippen molar-refractivity contribution in [1.82, 2.24) is 15.3 Å². The number of hydrogen-bond acceptors (Lipinski definition) is 6. The van der Waals surface area contributed by atoms with Gasteiger partial charge >= 0.3 is 0 Å². The highest BCUT2D eigenvalue weighted by Crippen LogP contribution is 2.09. The molecule has 1 heterocycles. The Morgan fingerprint density at radius 2 is 2.12 bits per heavy atom. The first-order chi connectivity index (χ1) is 8.15. The minimum Gasteiger partial charge on any atom is -0.369 e. The number of aryl methyl sites for hydroxylation is 1. The molecule has 0 atom stereocenters. The van der Waals surface area contributed by atoms with Gasteiger partial charge in [-0.2, -0.15) is 0 Å². The summed E-state index contributed by atoms with van der Waals surface area (Å²) in [5.74, 6) is 7.09. The number of rotatable bonds is 6. The van der Waals surface area contributed by atoms with Gasteiger partial charge in [0.1, 0.15) is 17.5 Å². The van der Waals surface area contributed by atoms with E-state index >= 15 is 0 Å². The number of amides is 1. The van der Waals surface area contributed by atoms with Crippen LogP contribution in [-0.2, 0) is 4.79 Å². The van der Waals surface area contributed by atoms with Crippen LogP contribution in [0, 0.1) is 6.92 Å². The molecule has 17 heavy (non-hydrogen) atoms. The number of hydrogen-bond donors (Lipinski definition) is 4. The first-order valence-electron chi connectivity index (χ1n) is 5.48. The van der Waals surface area contributed by atoms with Gasteiger partial charge in [-0.15, -0.1) is 0 Å². The molecule has 1 aromatic heterocycles. The molecule has 0 saturated carbocycles. The fourth-order valence-corrected chi connectivity index (χ4v) is 1.32. The molecule has 5 N–H and O–H groups in total. The summed E-state index contributed by atoms with van der Waals surface area (Å²) in [5.41, 5.74) is 2.46. The summed E-state index contributed by atoms with van der Waals surface area (Å²) in [6.07, 6.45) is 0.405. The number of aromatic nitrogens is 2. The Labute approximate surface area is 100 Å². The Morgan fingerprint density at radius 1 is 1.41 bits per heavy atom. The van der Waals surface area contributed by atoms with Crippen LogP contribution in [0.15, 0.2) is 6.07 Å². The van der Waals surface area contributed by atoms with E-state index in [4.69, 9.17) is 5.84 Å². The predicted molar refractivity (Wildman–Crippen MR) is 66.4 cm³/mol. The van der Waals surface area contributed by atoms with Crippen LogP contribution in [0.3, 0.4) is 0 Å². The maximum absolute atomic E-state index is 11.2. The van der Waals surface area contributed by atoms with Crippen LogP contribution in [0.5, 0.6) is 0 Å². The van der Waals surface area contributed by atoms with Crippen molar-refractivity contribution in [3.05, 3.63) is 11.9 Å². The van der Waals surface area contributed by atoms with Crippen LogP contribution in [-0.4, -0.2) is 29.0 Å². The standard InChI is InChI=1S/C10H18N6O/c1-3-12-10(17)4-5-13-8-6-9(16-11)15-7(2)14-8/h6H,3-5,11H2,1-2H3,(H,12,17)(H2,13,14,15,16). The topological polar surface area (TPSA) is 105 Å². The van der Waals surface area contributed by atoms with E-state index in [1.54, 1.807) is 13.0 Å². The molecule has 0 bridgehead atoms. The summed E-state index contributed by atoms with van der Waals surface area (Å²) in [6.45, 7) is 4.83. The van der Waals surface area contributed by atoms with E-state index in [1.165, 1.54) is 0 Å². The summed E-state index contributed by atoms with van der Waals surface area (Å²) >= 11 is 0. The van der Waals surface area contributed by atoms with Crippen molar-refractivity contribution in [2.24, 2.45) is 5.84 Å². The van der Waals surface area contributed by atoms with Gasteiger partial charge in [0.2, 0.25) is 5.91 Å². The highest BCUT2D eigenvalue weighted by atomic mass is 16.1. The molecular weight excluding hydrogens is 220 g/mol. The number of carbonyl (C=O) groups is 1. The summed E-state index contributed by atoms with van der Waals surface area (Å²) in [5, 5.41) is 5.76. The van der Waals surface area contributed by atoms with Gasteiger partial charge in [-0.3, -0.25) is 4.79 Å². The van der Waals surface area contributed by atoms with Gasteiger partial charge in [0.25, 0.3) is 0 Å². The van der Waals surface area contributed by atoms with E-state index in [0.29, 0.717) is 37.0 Å². The van der Waals surface area contributed by atoms with Crippen molar-refractivity contribution < 1.29 is 4.79 Å². The number of nitrogens with two attached hydrogens (primary N) is 1. The van der Waals surface area contributed by atoms with Crippen LogP contribution in [0.1, 0.15) is 19.2 Å². The zero-order chi connectivity index (χ0) is 12.7. The first-order valence-corrected chi connectivity index (χ1v) is 5.48. The second-order valence-corrected chi connectivity index (χ2v) is 3.46. The van der Waals surface area contributed by atoms with Gasteiger partial charge < -0.3 is 16.1 Å². The highest BCUT2D eigenvalue weighted by Gasteiger charge is 2.02. The fraction of sp³-hybridized carbons (Fsp3) is 0.500. The van der Waals surface area contributed by atoms with Gasteiger partial charge in [-0.25, -0.2) is 15.8 Å². The molecular formula is C10H18N6O. The average molecular weight is 238 g/mol. The first kappa shape index (κ1) is 13.2. The number of nitrogen functional groups attached to an aromatic ring is 1. The number of anilines is 2. The van der Waals surface area contributed by atoms with Gasteiger partial charge in [-0.05, 0) is 13.8 Å². The molecule has 1 amide bonds. The fourth-order valence-electron chi connectivity index (χ4n) is 1.32. The minimum atomic E-state index is 0.0166. The number of hydrazine groups is 1. The molecule has 94 valence electrons. The van der Waals surface area contributed by atoms with E-state index in [9.17, 15) is 4.79 Å². The van der Waals surface area contributed by atoms with Crippen molar-refractivity contribution in [1.29, 1.82) is 0 Å². The maximum atomic E-state index is 11.2. The Balaban J connectivity index is 2.46. The number of nitrogens with one attached hydrogen (secondary N) is 3. The van der Waals surface area contributed by atoms with E-state index < -0.39 is 0 Å². The van der Waals surface area contributed by atoms with Crippen LogP contribution in [0.4, 0.5) is 11.6 Å². The summed E-state index contributed by atoms with van der Waals surface area (Å²) in [7, 11) is 0. The Hall–Kier alpha value is -1.89. The number of nitrogens with zero attached hydrogens (tertiary/aromatic N) is 2. The van der Waals surface area contributed by atoms with E-state index in [-0.39, 0.29) is 5.91 Å². The second-order valence-electron chi connectivity index (χ2n) is 3.46. The third-order valence-corrected chi connectivity index (χ3v) is 2.02. The molecule has 1 aromatic rings. The van der Waals surface area contributed by atoms with Gasteiger partial charge in [0.05, 0.1) is 0 Å². The van der Waals surface area contributed by atoms with Gasteiger partial charge in [0.15, 0.2) is 0 Å². The predicted octanol–water partition coefficient (Wildman–Crippen LogP) is 0.00872. The summed E-state index contributed by atoms with van der Waals surface area (Å²) in [6, 6.07) is 1.69. The van der Waals surface area contributed by atoms with E-state index in [1.807, 2.05) is 6.92 Å². The van der Waals surface area contributed by atoms with Gasteiger partial charge in [0, 0.05) is 25.6 Å². The van der Waals surface area contributed by atoms with Crippen LogP contribution in [0.2, 0.25) is 0 Å². The summed E-state index contributed by atoms with van der Waals surface area (Å²) < 4.78 is 0. The molecule has 0 aromatic carbocycles. The highest BCUT2D eigenvalue weighted by molar-refractivity contribution is 5.76. The molecule has 7 heteroatoms. The zero-order valence-electron chi connectivity index (χ0n) is 10.1. The smallest absolute Gasteiger partial charge is 0.221 e. The summed E-state index contributed by atoms with van der Waals surface area (Å²) in [4.78, 5) is 19.4. The minimum absolute atomic E-state index is 0.0166. The quantitative estimate of drug-likeness (QED) is 0.411. The van der Waals surface area contributed by atoms with Crippen LogP contribution < -0.4 is 21.9 Å². The Morgan fingerprint density at radius 3 is 2.76 bits per heavy atom. The van der Waals surface area contributed by atoms with Crippen molar-refractivity contribution in [3.63, 3.8) is 0 Å². The third kappa shape index (κ3) is 4.64. The molecule has 0 aliphatic heterocycles. The lowest BCUT2D eigenvalue weighted by Gasteiger charge is -2.08. The normalized spacial score (nSPS) is 9.82. The molecule has 0 aliphatic rings. The molecule has 0 saturated heterocycles. The molecule has 0 aliphatic carbocycles. The average Bonchev–Trinajstić information content (AvgIpc) is 2.28. The molecule has 7 nitrogen and oxygen atoms in total. The maximum Gasteiger partial charge on any atom is 0.221 e. The van der Waals surface area contributed by atoms with Crippen molar-refractivity contribution in [3.8, 4) is 0 Å².